The lowest BCUT2D eigenvalue weighted by molar-refractivity contribution is 0.384. The summed E-state index contributed by atoms with van der Waals surface area (Å²) >= 11 is 0. The van der Waals surface area contributed by atoms with E-state index < -0.39 is 0 Å². The van der Waals surface area contributed by atoms with Crippen LogP contribution in [0.2, 0.25) is 0 Å². The molecule has 0 aromatic carbocycles. The fourth-order valence-corrected chi connectivity index (χ4v) is 1.39. The van der Waals surface area contributed by atoms with Gasteiger partial charge in [0, 0.05) is 12.5 Å². The molecule has 0 spiro atoms. The van der Waals surface area contributed by atoms with Crippen molar-refractivity contribution in [3.05, 3.63) is 30.0 Å². The number of rotatable bonds is 3. The molecule has 2 radical (unpaired) electrons. The summed E-state index contributed by atoms with van der Waals surface area (Å²) in [7, 11) is 5.59. The quantitative estimate of drug-likeness (QED) is 0.701. The van der Waals surface area contributed by atoms with Crippen LogP contribution in [0, 0.1) is 0 Å². The van der Waals surface area contributed by atoms with E-state index in [1.165, 1.54) is 0 Å². The second kappa shape index (κ2) is 4.30. The highest BCUT2D eigenvalue weighted by Crippen LogP contribution is 2.16. The van der Waals surface area contributed by atoms with Crippen LogP contribution in [0.25, 0.3) is 11.4 Å². The van der Waals surface area contributed by atoms with Crippen LogP contribution >= 0.6 is 0 Å². The standard InChI is InChI=1S/C11H11BN2O/c1-2-4-8-7-10(14-15-8)9-5-3-6-11(12)13-9/h3,5-7H,2,4H2,1H3. The van der Waals surface area contributed by atoms with Gasteiger partial charge in [0.1, 0.15) is 19.3 Å². The largest absolute Gasteiger partial charge is 0.361 e. The van der Waals surface area contributed by atoms with E-state index in [9.17, 15) is 0 Å². The molecule has 0 saturated heterocycles. The Kier molecular flexibility index (Phi) is 2.85. The minimum Gasteiger partial charge on any atom is -0.361 e. The molecule has 0 aliphatic heterocycles. The fraction of sp³-hybridized carbons (Fsp3) is 0.273. The minimum atomic E-state index is 0.493. The molecule has 0 fully saturated rings. The summed E-state index contributed by atoms with van der Waals surface area (Å²) in [5.41, 5.74) is 1.99. The number of nitrogens with zero attached hydrogens (tertiary/aromatic N) is 2. The number of hydrogen-bond donors (Lipinski definition) is 0. The van der Waals surface area contributed by atoms with Gasteiger partial charge in [-0.1, -0.05) is 24.2 Å². The number of aromatic nitrogens is 2. The summed E-state index contributed by atoms with van der Waals surface area (Å²) in [6.45, 7) is 2.10. The van der Waals surface area contributed by atoms with Gasteiger partial charge in [-0.25, -0.2) is 0 Å². The normalized spacial score (nSPS) is 10.5. The second-order valence-corrected chi connectivity index (χ2v) is 3.38. The fourth-order valence-electron chi connectivity index (χ4n) is 1.39. The first-order valence-corrected chi connectivity index (χ1v) is 4.98. The first kappa shape index (κ1) is 9.96. The van der Waals surface area contributed by atoms with E-state index >= 15 is 0 Å². The van der Waals surface area contributed by atoms with Crippen LogP contribution in [-0.2, 0) is 6.42 Å². The van der Waals surface area contributed by atoms with Gasteiger partial charge >= 0.3 is 0 Å². The van der Waals surface area contributed by atoms with Gasteiger partial charge in [-0.05, 0) is 18.1 Å². The van der Waals surface area contributed by atoms with E-state index in [0.29, 0.717) is 5.59 Å². The lowest BCUT2D eigenvalue weighted by Gasteiger charge is -1.95. The molecular weight excluding hydrogens is 187 g/mol. The molecule has 0 aliphatic rings. The molecule has 2 aromatic rings. The third-order valence-electron chi connectivity index (χ3n) is 2.09. The predicted octanol–water partition coefficient (Wildman–Crippen LogP) is 1.48. The Morgan fingerprint density at radius 3 is 2.93 bits per heavy atom. The Bertz CT molecular complexity index is 453. The zero-order chi connectivity index (χ0) is 10.7. The lowest BCUT2D eigenvalue weighted by Crippen LogP contribution is -2.07. The molecule has 0 N–H and O–H groups in total. The third-order valence-corrected chi connectivity index (χ3v) is 2.09. The van der Waals surface area contributed by atoms with Gasteiger partial charge in [-0.2, -0.15) is 0 Å². The summed E-state index contributed by atoms with van der Waals surface area (Å²) in [6.07, 6.45) is 1.94. The maximum atomic E-state index is 5.59. The smallest absolute Gasteiger partial charge is 0.141 e. The van der Waals surface area contributed by atoms with E-state index in [1.54, 1.807) is 6.07 Å². The van der Waals surface area contributed by atoms with Crippen LogP contribution in [0.1, 0.15) is 19.1 Å². The molecule has 2 rings (SSSR count). The second-order valence-electron chi connectivity index (χ2n) is 3.38. The Hall–Kier alpha value is -1.58. The summed E-state index contributed by atoms with van der Waals surface area (Å²) < 4.78 is 5.17. The highest BCUT2D eigenvalue weighted by Gasteiger charge is 2.06. The average molecular weight is 198 g/mol. The third kappa shape index (κ3) is 2.26. The van der Waals surface area contributed by atoms with Crippen molar-refractivity contribution in [3.8, 4) is 11.4 Å². The van der Waals surface area contributed by atoms with Gasteiger partial charge in [-0.3, -0.25) is 4.98 Å². The van der Waals surface area contributed by atoms with Crippen LogP contribution in [0.3, 0.4) is 0 Å². The Morgan fingerprint density at radius 2 is 2.20 bits per heavy atom. The van der Waals surface area contributed by atoms with Gasteiger partial charge < -0.3 is 4.52 Å². The van der Waals surface area contributed by atoms with Crippen molar-refractivity contribution >= 4 is 13.4 Å². The SMILES string of the molecule is [B]c1cccc(-c2cc(CCC)on2)n1. The van der Waals surface area contributed by atoms with Crippen molar-refractivity contribution < 1.29 is 4.52 Å². The van der Waals surface area contributed by atoms with Crippen molar-refractivity contribution in [2.24, 2.45) is 0 Å². The number of aryl methyl sites for hydroxylation is 1. The Balaban J connectivity index is 2.29. The summed E-state index contributed by atoms with van der Waals surface area (Å²) in [5.74, 6) is 0.886. The minimum absolute atomic E-state index is 0.493. The Morgan fingerprint density at radius 1 is 1.33 bits per heavy atom. The molecule has 3 nitrogen and oxygen atoms in total. The summed E-state index contributed by atoms with van der Waals surface area (Å²) in [6, 6.07) is 7.37. The molecule has 0 atom stereocenters. The summed E-state index contributed by atoms with van der Waals surface area (Å²) in [4.78, 5) is 4.17. The maximum absolute atomic E-state index is 5.59. The first-order valence-electron chi connectivity index (χ1n) is 4.98. The summed E-state index contributed by atoms with van der Waals surface area (Å²) in [5, 5.41) is 3.95. The zero-order valence-electron chi connectivity index (χ0n) is 8.60. The molecule has 0 unspecified atom stereocenters. The molecular formula is C11H11BN2O. The predicted molar refractivity (Wildman–Crippen MR) is 59.1 cm³/mol. The van der Waals surface area contributed by atoms with Gasteiger partial charge in [0.15, 0.2) is 0 Å². The molecule has 15 heavy (non-hydrogen) atoms. The van der Waals surface area contributed by atoms with Crippen molar-refractivity contribution in [2.75, 3.05) is 0 Å². The van der Waals surface area contributed by atoms with Gasteiger partial charge in [0.25, 0.3) is 0 Å². The van der Waals surface area contributed by atoms with Crippen molar-refractivity contribution in [1.29, 1.82) is 0 Å². The van der Waals surface area contributed by atoms with Crippen molar-refractivity contribution in [3.63, 3.8) is 0 Å². The highest BCUT2D eigenvalue weighted by molar-refractivity contribution is 6.30. The first-order chi connectivity index (χ1) is 7.29. The van der Waals surface area contributed by atoms with Crippen molar-refractivity contribution in [2.45, 2.75) is 19.8 Å². The van der Waals surface area contributed by atoms with Gasteiger partial charge in [0.05, 0.1) is 5.69 Å². The number of pyridine rings is 1. The number of hydrogen-bond acceptors (Lipinski definition) is 3. The highest BCUT2D eigenvalue weighted by atomic mass is 16.5. The average Bonchev–Trinajstić information content (AvgIpc) is 2.67. The van der Waals surface area contributed by atoms with E-state index in [-0.39, 0.29) is 0 Å². The van der Waals surface area contributed by atoms with Crippen LogP contribution in [0.15, 0.2) is 28.8 Å². The molecule has 0 aliphatic carbocycles. The van der Waals surface area contributed by atoms with Crippen LogP contribution < -0.4 is 5.59 Å². The molecule has 2 aromatic heterocycles. The molecule has 4 heteroatoms. The van der Waals surface area contributed by atoms with Crippen molar-refractivity contribution in [1.82, 2.24) is 10.1 Å². The molecule has 0 saturated carbocycles. The zero-order valence-corrected chi connectivity index (χ0v) is 8.60. The maximum Gasteiger partial charge on any atom is 0.141 e. The van der Waals surface area contributed by atoms with Crippen LogP contribution in [-0.4, -0.2) is 18.0 Å². The molecule has 74 valence electrons. The lowest BCUT2D eigenvalue weighted by atomic mass is 10.0. The molecule has 2 heterocycles. The van der Waals surface area contributed by atoms with Gasteiger partial charge in [-0.15, -0.1) is 0 Å². The monoisotopic (exact) mass is 198 g/mol. The van der Waals surface area contributed by atoms with Crippen LogP contribution in [0.5, 0.6) is 0 Å². The van der Waals surface area contributed by atoms with E-state index in [0.717, 1.165) is 30.0 Å². The molecule has 0 amide bonds. The van der Waals surface area contributed by atoms with E-state index in [1.807, 2.05) is 18.2 Å². The van der Waals surface area contributed by atoms with E-state index in [4.69, 9.17) is 12.4 Å². The topological polar surface area (TPSA) is 38.9 Å². The van der Waals surface area contributed by atoms with Gasteiger partial charge in [0.2, 0.25) is 0 Å². The molecule has 0 bridgehead atoms. The van der Waals surface area contributed by atoms with Crippen LogP contribution in [0.4, 0.5) is 0 Å². The van der Waals surface area contributed by atoms with E-state index in [2.05, 4.69) is 17.1 Å². The Labute approximate surface area is 89.9 Å².